The molecule has 2 rings (SSSR count). The Morgan fingerprint density at radius 2 is 2.00 bits per heavy atom. The number of nitrogens with zero attached hydrogens (tertiary/aromatic N) is 1. The molecule has 2 aliphatic heterocycles. The van der Waals surface area contributed by atoms with Crippen molar-refractivity contribution in [1.82, 2.24) is 10.2 Å². The standard InChI is InChI=1S/C9H17FN2.ClH/c1-12-4-2-9(3-5-12)6-8(10)7-11-9;/h8,11H,2-7H2,1H3;1H. The van der Waals surface area contributed by atoms with Gasteiger partial charge in [0.15, 0.2) is 0 Å². The first kappa shape index (κ1) is 11.2. The number of halogens is 2. The molecule has 1 N–H and O–H groups in total. The molecule has 78 valence electrons. The van der Waals surface area contributed by atoms with E-state index < -0.39 is 6.17 Å². The Balaban J connectivity index is 0.000000845. The lowest BCUT2D eigenvalue weighted by Crippen LogP contribution is -2.48. The van der Waals surface area contributed by atoms with E-state index in [1.165, 1.54) is 0 Å². The van der Waals surface area contributed by atoms with E-state index >= 15 is 0 Å². The third-order valence-corrected chi connectivity index (χ3v) is 3.25. The van der Waals surface area contributed by atoms with Crippen molar-refractivity contribution < 1.29 is 4.39 Å². The van der Waals surface area contributed by atoms with Crippen molar-refractivity contribution in [2.75, 3.05) is 26.7 Å². The van der Waals surface area contributed by atoms with Crippen LogP contribution in [0, 0.1) is 0 Å². The molecule has 4 heteroatoms. The molecule has 0 aromatic rings. The molecule has 2 aliphatic rings. The van der Waals surface area contributed by atoms with Gasteiger partial charge in [0.25, 0.3) is 0 Å². The van der Waals surface area contributed by atoms with E-state index in [0.717, 1.165) is 32.4 Å². The SMILES string of the molecule is CN1CCC2(CC1)CC(F)CN2.Cl. The lowest BCUT2D eigenvalue weighted by molar-refractivity contribution is 0.167. The van der Waals surface area contributed by atoms with E-state index in [1.54, 1.807) is 0 Å². The summed E-state index contributed by atoms with van der Waals surface area (Å²) in [5, 5.41) is 3.34. The topological polar surface area (TPSA) is 15.3 Å². The Bertz CT molecular complexity index is 169. The molecule has 1 spiro atoms. The minimum Gasteiger partial charge on any atom is -0.308 e. The van der Waals surface area contributed by atoms with E-state index in [9.17, 15) is 4.39 Å². The zero-order valence-electron chi connectivity index (χ0n) is 8.05. The van der Waals surface area contributed by atoms with E-state index in [0.29, 0.717) is 6.54 Å². The summed E-state index contributed by atoms with van der Waals surface area (Å²) >= 11 is 0. The second-order valence-corrected chi connectivity index (χ2v) is 4.27. The van der Waals surface area contributed by atoms with Gasteiger partial charge in [-0.2, -0.15) is 0 Å². The lowest BCUT2D eigenvalue weighted by Gasteiger charge is -2.37. The number of piperidine rings is 1. The van der Waals surface area contributed by atoms with Gasteiger partial charge in [-0.15, -0.1) is 12.4 Å². The number of rotatable bonds is 0. The van der Waals surface area contributed by atoms with E-state index in [4.69, 9.17) is 0 Å². The summed E-state index contributed by atoms with van der Waals surface area (Å²) in [5.74, 6) is 0. The van der Waals surface area contributed by atoms with Crippen molar-refractivity contribution in [1.29, 1.82) is 0 Å². The summed E-state index contributed by atoms with van der Waals surface area (Å²) in [6.45, 7) is 2.79. The average Bonchev–Trinajstić information content (AvgIpc) is 2.40. The van der Waals surface area contributed by atoms with Gasteiger partial charge in [-0.05, 0) is 39.4 Å². The average molecular weight is 209 g/mol. The van der Waals surface area contributed by atoms with Gasteiger partial charge in [-0.3, -0.25) is 0 Å². The molecule has 0 aromatic carbocycles. The molecular formula is C9H18ClFN2. The molecule has 1 unspecified atom stereocenters. The first-order valence-electron chi connectivity index (χ1n) is 4.78. The largest absolute Gasteiger partial charge is 0.308 e. The molecule has 0 aromatic heterocycles. The highest BCUT2D eigenvalue weighted by Gasteiger charge is 2.40. The van der Waals surface area contributed by atoms with Gasteiger partial charge < -0.3 is 10.2 Å². The van der Waals surface area contributed by atoms with Crippen LogP contribution in [-0.4, -0.2) is 43.3 Å². The van der Waals surface area contributed by atoms with Gasteiger partial charge in [-0.25, -0.2) is 4.39 Å². The molecule has 0 saturated carbocycles. The summed E-state index contributed by atoms with van der Waals surface area (Å²) in [6, 6.07) is 0. The van der Waals surface area contributed by atoms with E-state index in [2.05, 4.69) is 17.3 Å². The minimum atomic E-state index is -0.603. The van der Waals surface area contributed by atoms with Gasteiger partial charge in [0, 0.05) is 12.1 Å². The van der Waals surface area contributed by atoms with E-state index in [1.807, 2.05) is 0 Å². The zero-order chi connectivity index (χ0) is 8.60. The molecule has 2 nitrogen and oxygen atoms in total. The zero-order valence-corrected chi connectivity index (χ0v) is 8.87. The Kier molecular flexibility index (Phi) is 3.55. The summed E-state index contributed by atoms with van der Waals surface area (Å²) in [4.78, 5) is 2.32. The lowest BCUT2D eigenvalue weighted by atomic mass is 9.86. The van der Waals surface area contributed by atoms with Crippen LogP contribution in [0.5, 0.6) is 0 Å². The predicted molar refractivity (Wildman–Crippen MR) is 54.2 cm³/mol. The smallest absolute Gasteiger partial charge is 0.114 e. The summed E-state index contributed by atoms with van der Waals surface area (Å²) in [7, 11) is 2.13. The maximum atomic E-state index is 13.0. The van der Waals surface area contributed by atoms with Crippen LogP contribution in [0.1, 0.15) is 19.3 Å². The molecule has 0 amide bonds. The van der Waals surface area contributed by atoms with Crippen LogP contribution < -0.4 is 5.32 Å². The normalized spacial score (nSPS) is 33.2. The van der Waals surface area contributed by atoms with E-state index in [-0.39, 0.29) is 17.9 Å². The molecular weight excluding hydrogens is 191 g/mol. The van der Waals surface area contributed by atoms with Crippen LogP contribution in [0.3, 0.4) is 0 Å². The first-order chi connectivity index (χ1) is 5.70. The molecule has 13 heavy (non-hydrogen) atoms. The molecule has 2 heterocycles. The number of hydrogen-bond acceptors (Lipinski definition) is 2. The van der Waals surface area contributed by atoms with Crippen LogP contribution >= 0.6 is 12.4 Å². The van der Waals surface area contributed by atoms with Crippen LogP contribution in [0.15, 0.2) is 0 Å². The molecule has 1 atom stereocenters. The molecule has 2 fully saturated rings. The van der Waals surface area contributed by atoms with Crippen molar-refractivity contribution in [3.63, 3.8) is 0 Å². The van der Waals surface area contributed by atoms with Gasteiger partial charge in [-0.1, -0.05) is 0 Å². The van der Waals surface area contributed by atoms with Gasteiger partial charge >= 0.3 is 0 Å². The molecule has 2 saturated heterocycles. The van der Waals surface area contributed by atoms with Crippen LogP contribution in [0.2, 0.25) is 0 Å². The third kappa shape index (κ3) is 2.33. The molecule has 0 radical (unpaired) electrons. The summed E-state index contributed by atoms with van der Waals surface area (Å²) in [5.41, 5.74) is 0.159. The Morgan fingerprint density at radius 1 is 1.38 bits per heavy atom. The first-order valence-corrected chi connectivity index (χ1v) is 4.78. The fourth-order valence-electron chi connectivity index (χ4n) is 2.32. The van der Waals surface area contributed by atoms with Crippen molar-refractivity contribution in [2.24, 2.45) is 0 Å². The van der Waals surface area contributed by atoms with Crippen LogP contribution in [0.4, 0.5) is 4.39 Å². The maximum absolute atomic E-state index is 13.0. The number of hydrogen-bond donors (Lipinski definition) is 1. The second-order valence-electron chi connectivity index (χ2n) is 4.27. The monoisotopic (exact) mass is 208 g/mol. The van der Waals surface area contributed by atoms with Crippen LogP contribution in [0.25, 0.3) is 0 Å². The Morgan fingerprint density at radius 3 is 2.46 bits per heavy atom. The number of likely N-dealkylation sites (tertiary alicyclic amines) is 1. The summed E-state index contributed by atoms with van der Waals surface area (Å²) < 4.78 is 13.0. The van der Waals surface area contributed by atoms with Gasteiger partial charge in [0.1, 0.15) is 6.17 Å². The second kappa shape index (κ2) is 4.11. The highest BCUT2D eigenvalue weighted by molar-refractivity contribution is 5.85. The predicted octanol–water partition coefficient (Wildman–Crippen LogP) is 1.20. The highest BCUT2D eigenvalue weighted by Crippen LogP contribution is 2.31. The van der Waals surface area contributed by atoms with Gasteiger partial charge in [0.2, 0.25) is 0 Å². The summed E-state index contributed by atoms with van der Waals surface area (Å²) in [6.07, 6.45) is 2.36. The van der Waals surface area contributed by atoms with Gasteiger partial charge in [0.05, 0.1) is 0 Å². The highest BCUT2D eigenvalue weighted by atomic mass is 35.5. The Hall–Kier alpha value is 0.140. The molecule has 0 bridgehead atoms. The molecule has 0 aliphatic carbocycles. The van der Waals surface area contributed by atoms with Crippen molar-refractivity contribution in [3.8, 4) is 0 Å². The van der Waals surface area contributed by atoms with Crippen molar-refractivity contribution >= 4 is 12.4 Å². The van der Waals surface area contributed by atoms with Crippen molar-refractivity contribution in [3.05, 3.63) is 0 Å². The maximum Gasteiger partial charge on any atom is 0.114 e. The fraction of sp³-hybridized carbons (Fsp3) is 1.00. The number of alkyl halides is 1. The minimum absolute atomic E-state index is 0. The van der Waals surface area contributed by atoms with Crippen LogP contribution in [-0.2, 0) is 0 Å². The fourth-order valence-corrected chi connectivity index (χ4v) is 2.32. The quantitative estimate of drug-likeness (QED) is 0.644. The third-order valence-electron chi connectivity index (χ3n) is 3.25. The number of nitrogens with one attached hydrogen (secondary N) is 1. The Labute approximate surface area is 85.3 Å². The van der Waals surface area contributed by atoms with Crippen molar-refractivity contribution in [2.45, 2.75) is 31.0 Å².